The van der Waals surface area contributed by atoms with Crippen LogP contribution in [0.4, 0.5) is 0 Å². The monoisotopic (exact) mass is 405 g/mol. The van der Waals surface area contributed by atoms with Crippen LogP contribution in [0.5, 0.6) is 5.75 Å². The normalized spacial score (nSPS) is 12.2. The minimum atomic E-state index is -1.00. The summed E-state index contributed by atoms with van der Waals surface area (Å²) in [5, 5.41) is 10.9. The Bertz CT molecular complexity index is 1050. The zero-order chi connectivity index (χ0) is 19.9. The van der Waals surface area contributed by atoms with Crippen molar-refractivity contribution >= 4 is 46.0 Å². The molecular formula is C20H17Cl2NO4. The largest absolute Gasteiger partial charge is 0.495 e. The average Bonchev–Trinajstić information content (AvgIpc) is 2.94. The van der Waals surface area contributed by atoms with E-state index < -0.39 is 11.9 Å². The highest BCUT2D eigenvalue weighted by Gasteiger charge is 2.28. The lowest BCUT2D eigenvalue weighted by Crippen LogP contribution is -2.15. The molecule has 0 bridgehead atoms. The Labute approximate surface area is 166 Å². The van der Waals surface area contributed by atoms with Crippen molar-refractivity contribution in [3.05, 3.63) is 63.3 Å². The van der Waals surface area contributed by atoms with Crippen LogP contribution in [0.2, 0.25) is 10.0 Å². The van der Waals surface area contributed by atoms with E-state index in [-0.39, 0.29) is 10.9 Å². The second-order valence-corrected chi connectivity index (χ2v) is 7.00. The highest BCUT2D eigenvalue weighted by Crippen LogP contribution is 2.41. The molecule has 0 amide bonds. The van der Waals surface area contributed by atoms with Crippen molar-refractivity contribution in [1.82, 2.24) is 4.57 Å². The molecule has 1 unspecified atom stereocenters. The summed E-state index contributed by atoms with van der Waals surface area (Å²) in [7, 11) is 1.48. The molecule has 140 valence electrons. The lowest BCUT2D eigenvalue weighted by molar-refractivity contribution is -0.138. The SMILES string of the molecule is COc1ccc2c(c1Cl)c(C(C)C(=O)O)c(C)n2C(=O)c1ccc(Cl)cc1. The van der Waals surface area contributed by atoms with Gasteiger partial charge in [-0.15, -0.1) is 0 Å². The van der Waals surface area contributed by atoms with Crippen molar-refractivity contribution in [3.8, 4) is 5.75 Å². The minimum Gasteiger partial charge on any atom is -0.495 e. The van der Waals surface area contributed by atoms with Crippen molar-refractivity contribution in [1.29, 1.82) is 0 Å². The standard InChI is InChI=1S/C20H17Cl2NO4/c1-10(20(25)26)16-11(2)23(19(24)12-4-6-13(21)7-5-12)14-8-9-15(27-3)18(22)17(14)16/h4-10H,1-3H3,(H,25,26). The topological polar surface area (TPSA) is 68.5 Å². The van der Waals surface area contributed by atoms with Gasteiger partial charge in [-0.1, -0.05) is 23.2 Å². The Kier molecular flexibility index (Phi) is 5.18. The van der Waals surface area contributed by atoms with Crippen molar-refractivity contribution in [2.24, 2.45) is 0 Å². The summed E-state index contributed by atoms with van der Waals surface area (Å²) in [6, 6.07) is 9.88. The fourth-order valence-corrected chi connectivity index (χ4v) is 3.73. The first kappa shape index (κ1) is 19.3. The fraction of sp³-hybridized carbons (Fsp3) is 0.200. The molecule has 0 radical (unpaired) electrons. The number of carbonyl (C=O) groups excluding carboxylic acids is 1. The Morgan fingerprint density at radius 2 is 1.74 bits per heavy atom. The molecule has 3 aromatic rings. The van der Waals surface area contributed by atoms with Gasteiger partial charge in [0.15, 0.2) is 0 Å². The molecule has 0 aliphatic heterocycles. The first-order valence-corrected chi connectivity index (χ1v) is 8.94. The van der Waals surface area contributed by atoms with Crippen LogP contribution in [0.25, 0.3) is 10.9 Å². The molecule has 0 fully saturated rings. The number of methoxy groups -OCH3 is 1. The van der Waals surface area contributed by atoms with Gasteiger partial charge in [0.05, 0.1) is 23.6 Å². The number of hydrogen-bond acceptors (Lipinski definition) is 3. The maximum Gasteiger partial charge on any atom is 0.310 e. The van der Waals surface area contributed by atoms with Crippen LogP contribution in [0.15, 0.2) is 36.4 Å². The molecule has 0 saturated carbocycles. The van der Waals surface area contributed by atoms with Crippen LogP contribution in [0, 0.1) is 6.92 Å². The number of ether oxygens (including phenoxy) is 1. The van der Waals surface area contributed by atoms with Gasteiger partial charge < -0.3 is 9.84 Å². The lowest BCUT2D eigenvalue weighted by atomic mass is 9.98. The molecule has 1 aromatic heterocycles. The third-order valence-electron chi connectivity index (χ3n) is 4.64. The molecule has 1 N–H and O–H groups in total. The van der Waals surface area contributed by atoms with Crippen molar-refractivity contribution in [3.63, 3.8) is 0 Å². The Morgan fingerprint density at radius 1 is 1.11 bits per heavy atom. The number of benzene rings is 2. The summed E-state index contributed by atoms with van der Waals surface area (Å²) in [4.78, 5) is 24.8. The van der Waals surface area contributed by atoms with Gasteiger partial charge in [-0.05, 0) is 55.8 Å². The Hall–Kier alpha value is -2.50. The van der Waals surface area contributed by atoms with E-state index >= 15 is 0 Å². The predicted octanol–water partition coefficient (Wildman–Crippen LogP) is 5.14. The highest BCUT2D eigenvalue weighted by atomic mass is 35.5. The van der Waals surface area contributed by atoms with Crippen LogP contribution in [0.1, 0.15) is 34.5 Å². The van der Waals surface area contributed by atoms with Gasteiger partial charge in [-0.2, -0.15) is 0 Å². The number of rotatable bonds is 4. The van der Waals surface area contributed by atoms with Gasteiger partial charge in [-0.3, -0.25) is 14.2 Å². The van der Waals surface area contributed by atoms with E-state index in [0.717, 1.165) is 0 Å². The maximum atomic E-state index is 13.2. The van der Waals surface area contributed by atoms with Crippen LogP contribution < -0.4 is 4.74 Å². The molecule has 3 rings (SSSR count). The van der Waals surface area contributed by atoms with Crippen LogP contribution in [0.3, 0.4) is 0 Å². The van der Waals surface area contributed by atoms with E-state index in [1.165, 1.54) is 11.7 Å². The highest BCUT2D eigenvalue weighted by molar-refractivity contribution is 6.37. The number of nitrogens with zero attached hydrogens (tertiary/aromatic N) is 1. The number of fused-ring (bicyclic) bond motifs is 1. The average molecular weight is 406 g/mol. The van der Waals surface area contributed by atoms with Crippen molar-refractivity contribution in [2.75, 3.05) is 7.11 Å². The minimum absolute atomic E-state index is 0.281. The number of halogens is 2. The summed E-state index contributed by atoms with van der Waals surface area (Å²) in [5.41, 5.74) is 1.97. The quantitative estimate of drug-likeness (QED) is 0.651. The molecule has 0 aliphatic rings. The summed E-state index contributed by atoms with van der Waals surface area (Å²) in [6.45, 7) is 3.28. The molecule has 1 heterocycles. The molecule has 2 aromatic carbocycles. The van der Waals surface area contributed by atoms with Crippen molar-refractivity contribution in [2.45, 2.75) is 19.8 Å². The number of carboxylic acids is 1. The van der Waals surface area contributed by atoms with E-state index in [4.69, 9.17) is 27.9 Å². The number of carbonyl (C=O) groups is 2. The lowest BCUT2D eigenvalue weighted by Gasteiger charge is -2.10. The van der Waals surface area contributed by atoms with Gasteiger partial charge in [0, 0.05) is 21.7 Å². The molecule has 0 aliphatic carbocycles. The number of hydrogen-bond donors (Lipinski definition) is 1. The van der Waals surface area contributed by atoms with Gasteiger partial charge in [0.1, 0.15) is 5.75 Å². The number of aromatic nitrogens is 1. The molecule has 1 atom stereocenters. The molecular weight excluding hydrogens is 389 g/mol. The van der Waals surface area contributed by atoms with E-state index in [1.54, 1.807) is 50.2 Å². The Morgan fingerprint density at radius 3 is 2.30 bits per heavy atom. The van der Waals surface area contributed by atoms with E-state index in [1.807, 2.05) is 0 Å². The first-order chi connectivity index (χ1) is 12.8. The summed E-state index contributed by atoms with van der Waals surface area (Å²) in [6.07, 6.45) is 0. The Balaban J connectivity index is 2.35. The second-order valence-electron chi connectivity index (χ2n) is 6.18. The molecule has 7 heteroatoms. The first-order valence-electron chi connectivity index (χ1n) is 8.18. The number of carboxylic acid groups (broad SMARTS) is 1. The third kappa shape index (κ3) is 3.17. The molecule has 0 spiro atoms. The van der Waals surface area contributed by atoms with Crippen LogP contribution in [-0.2, 0) is 4.79 Å². The third-order valence-corrected chi connectivity index (χ3v) is 5.26. The molecule has 27 heavy (non-hydrogen) atoms. The van der Waals surface area contributed by atoms with Gasteiger partial charge in [0.2, 0.25) is 0 Å². The van der Waals surface area contributed by atoms with Crippen LogP contribution >= 0.6 is 23.2 Å². The van der Waals surface area contributed by atoms with E-state index in [2.05, 4.69) is 0 Å². The van der Waals surface area contributed by atoms with Gasteiger partial charge >= 0.3 is 5.97 Å². The zero-order valence-electron chi connectivity index (χ0n) is 14.9. The van der Waals surface area contributed by atoms with Crippen molar-refractivity contribution < 1.29 is 19.4 Å². The predicted molar refractivity (Wildman–Crippen MR) is 105 cm³/mol. The summed E-state index contributed by atoms with van der Waals surface area (Å²) < 4.78 is 6.75. The maximum absolute atomic E-state index is 13.2. The van der Waals surface area contributed by atoms with E-state index in [0.29, 0.717) is 38.5 Å². The zero-order valence-corrected chi connectivity index (χ0v) is 16.4. The second kappa shape index (κ2) is 7.25. The molecule has 0 saturated heterocycles. The summed E-state index contributed by atoms with van der Waals surface area (Å²) in [5.74, 6) is -1.73. The molecule has 5 nitrogen and oxygen atoms in total. The van der Waals surface area contributed by atoms with Crippen LogP contribution in [-0.4, -0.2) is 28.7 Å². The fourth-order valence-electron chi connectivity index (χ4n) is 3.27. The summed E-state index contributed by atoms with van der Waals surface area (Å²) >= 11 is 12.4. The van der Waals surface area contributed by atoms with E-state index in [9.17, 15) is 14.7 Å². The van der Waals surface area contributed by atoms with Gasteiger partial charge in [-0.25, -0.2) is 0 Å². The smallest absolute Gasteiger partial charge is 0.310 e. The van der Waals surface area contributed by atoms with Gasteiger partial charge in [0.25, 0.3) is 5.91 Å². The number of aliphatic carboxylic acids is 1.